The SMILES string of the molecule is CN=C(NCCCn1nc(C)cc1C)NCc1cccc([N+](=O)[O-])c1.I. The van der Waals surface area contributed by atoms with Gasteiger partial charge in [-0.25, -0.2) is 0 Å². The summed E-state index contributed by atoms with van der Waals surface area (Å²) in [5, 5.41) is 21.6. The van der Waals surface area contributed by atoms with Gasteiger partial charge in [-0.15, -0.1) is 24.0 Å². The third-order valence-corrected chi connectivity index (χ3v) is 3.75. The fourth-order valence-corrected chi connectivity index (χ4v) is 2.52. The summed E-state index contributed by atoms with van der Waals surface area (Å²) in [6, 6.07) is 8.63. The molecule has 0 radical (unpaired) electrons. The third-order valence-electron chi connectivity index (χ3n) is 3.75. The number of nitrogens with zero attached hydrogens (tertiary/aromatic N) is 4. The molecule has 0 saturated heterocycles. The maximum absolute atomic E-state index is 10.8. The first-order valence-corrected chi connectivity index (χ1v) is 8.18. The predicted molar refractivity (Wildman–Crippen MR) is 113 cm³/mol. The van der Waals surface area contributed by atoms with Crippen molar-refractivity contribution in [1.29, 1.82) is 0 Å². The first-order chi connectivity index (χ1) is 12.0. The summed E-state index contributed by atoms with van der Waals surface area (Å²) in [7, 11) is 1.70. The van der Waals surface area contributed by atoms with Crippen LogP contribution in [0.4, 0.5) is 5.69 Å². The number of aliphatic imine (C=N–C) groups is 1. The smallest absolute Gasteiger partial charge is 0.269 e. The molecule has 2 aromatic rings. The summed E-state index contributed by atoms with van der Waals surface area (Å²) in [6.45, 7) is 6.11. The van der Waals surface area contributed by atoms with Crippen LogP contribution in [0.15, 0.2) is 35.3 Å². The molecule has 0 bridgehead atoms. The molecule has 1 heterocycles. The largest absolute Gasteiger partial charge is 0.356 e. The molecule has 142 valence electrons. The fourth-order valence-electron chi connectivity index (χ4n) is 2.52. The molecule has 0 saturated carbocycles. The van der Waals surface area contributed by atoms with E-state index in [0.29, 0.717) is 12.5 Å². The number of halogens is 1. The Kier molecular flexibility index (Phi) is 9.03. The molecule has 1 aromatic carbocycles. The molecule has 0 fully saturated rings. The molecule has 0 unspecified atom stereocenters. The van der Waals surface area contributed by atoms with Gasteiger partial charge in [0.1, 0.15) is 0 Å². The lowest BCUT2D eigenvalue weighted by molar-refractivity contribution is -0.384. The Hall–Kier alpha value is -2.17. The minimum atomic E-state index is -0.393. The van der Waals surface area contributed by atoms with Gasteiger partial charge >= 0.3 is 0 Å². The highest BCUT2D eigenvalue weighted by atomic mass is 127. The van der Waals surface area contributed by atoms with Crippen LogP contribution in [0.25, 0.3) is 0 Å². The van der Waals surface area contributed by atoms with Crippen LogP contribution in [0.3, 0.4) is 0 Å². The zero-order valence-corrected chi connectivity index (χ0v) is 17.6. The van der Waals surface area contributed by atoms with E-state index >= 15 is 0 Å². The van der Waals surface area contributed by atoms with E-state index in [1.165, 1.54) is 6.07 Å². The van der Waals surface area contributed by atoms with Crippen LogP contribution in [0.2, 0.25) is 0 Å². The zero-order valence-electron chi connectivity index (χ0n) is 15.2. The van der Waals surface area contributed by atoms with Crippen molar-refractivity contribution in [2.24, 2.45) is 4.99 Å². The van der Waals surface area contributed by atoms with E-state index in [1.807, 2.05) is 24.6 Å². The van der Waals surface area contributed by atoms with Gasteiger partial charge in [-0.1, -0.05) is 12.1 Å². The number of aryl methyl sites for hydroxylation is 3. The van der Waals surface area contributed by atoms with E-state index in [0.717, 1.165) is 36.5 Å². The molecule has 0 aliphatic carbocycles. The molecular weight excluding hydrogens is 447 g/mol. The number of nitro groups is 1. The van der Waals surface area contributed by atoms with Gasteiger partial charge in [-0.05, 0) is 31.9 Å². The van der Waals surface area contributed by atoms with Gasteiger partial charge in [0.2, 0.25) is 0 Å². The minimum Gasteiger partial charge on any atom is -0.356 e. The second kappa shape index (κ2) is 10.7. The molecular formula is C17H25IN6O2. The fraction of sp³-hybridized carbons (Fsp3) is 0.412. The Morgan fingerprint density at radius 1 is 1.31 bits per heavy atom. The molecule has 0 aliphatic heterocycles. The van der Waals surface area contributed by atoms with E-state index in [2.05, 4.69) is 26.8 Å². The Labute approximate surface area is 170 Å². The first kappa shape index (κ1) is 21.9. The minimum absolute atomic E-state index is 0. The zero-order chi connectivity index (χ0) is 18.2. The molecule has 9 heteroatoms. The maximum Gasteiger partial charge on any atom is 0.269 e. The van der Waals surface area contributed by atoms with E-state index in [1.54, 1.807) is 19.2 Å². The number of nitro benzene ring substituents is 1. The number of hydrogen-bond acceptors (Lipinski definition) is 4. The second-order valence-corrected chi connectivity index (χ2v) is 5.78. The van der Waals surface area contributed by atoms with Gasteiger partial charge < -0.3 is 10.6 Å². The van der Waals surface area contributed by atoms with Crippen LogP contribution < -0.4 is 10.6 Å². The lowest BCUT2D eigenvalue weighted by Gasteiger charge is -2.12. The van der Waals surface area contributed by atoms with Crippen LogP contribution in [0.5, 0.6) is 0 Å². The van der Waals surface area contributed by atoms with Crippen LogP contribution in [-0.4, -0.2) is 34.3 Å². The molecule has 0 spiro atoms. The first-order valence-electron chi connectivity index (χ1n) is 8.18. The summed E-state index contributed by atoms with van der Waals surface area (Å²) < 4.78 is 2.00. The second-order valence-electron chi connectivity index (χ2n) is 5.78. The normalized spacial score (nSPS) is 11.0. The van der Waals surface area contributed by atoms with Gasteiger partial charge in [0, 0.05) is 44.5 Å². The molecule has 8 nitrogen and oxygen atoms in total. The predicted octanol–water partition coefficient (Wildman–Crippen LogP) is 2.78. The van der Waals surface area contributed by atoms with Gasteiger partial charge in [-0.3, -0.25) is 19.8 Å². The number of guanidine groups is 1. The van der Waals surface area contributed by atoms with E-state index in [4.69, 9.17) is 0 Å². The highest BCUT2D eigenvalue weighted by Gasteiger charge is 2.06. The summed E-state index contributed by atoms with van der Waals surface area (Å²) >= 11 is 0. The Bertz CT molecular complexity index is 759. The van der Waals surface area contributed by atoms with E-state index in [9.17, 15) is 10.1 Å². The Balaban J connectivity index is 0.00000338. The third kappa shape index (κ3) is 6.62. The quantitative estimate of drug-likeness (QED) is 0.161. The van der Waals surface area contributed by atoms with Crippen LogP contribution in [-0.2, 0) is 13.1 Å². The number of nitrogens with one attached hydrogen (secondary N) is 2. The topological polar surface area (TPSA) is 97.4 Å². The monoisotopic (exact) mass is 472 g/mol. The average molecular weight is 472 g/mol. The number of non-ortho nitro benzene ring substituents is 1. The molecule has 2 rings (SSSR count). The maximum atomic E-state index is 10.8. The van der Waals surface area contributed by atoms with Crippen LogP contribution in [0.1, 0.15) is 23.4 Å². The highest BCUT2D eigenvalue weighted by molar-refractivity contribution is 14.0. The molecule has 1 aromatic heterocycles. The van der Waals surface area contributed by atoms with E-state index in [-0.39, 0.29) is 29.7 Å². The summed E-state index contributed by atoms with van der Waals surface area (Å²) in [4.78, 5) is 14.6. The average Bonchev–Trinajstić information content (AvgIpc) is 2.92. The summed E-state index contributed by atoms with van der Waals surface area (Å²) in [6.07, 6.45) is 0.916. The van der Waals surface area contributed by atoms with Crippen molar-refractivity contribution in [1.82, 2.24) is 20.4 Å². The summed E-state index contributed by atoms with van der Waals surface area (Å²) in [5.41, 5.74) is 3.11. The lowest BCUT2D eigenvalue weighted by Crippen LogP contribution is -2.37. The van der Waals surface area contributed by atoms with Crippen molar-refractivity contribution in [3.8, 4) is 0 Å². The molecule has 0 atom stereocenters. The molecule has 0 aliphatic rings. The number of hydrogen-bond donors (Lipinski definition) is 2. The molecule has 2 N–H and O–H groups in total. The standard InChI is InChI=1S/C17H24N6O2.HI/c1-13-10-14(2)22(21-13)9-5-8-19-17(18-3)20-12-15-6-4-7-16(11-15)23(24)25;/h4,6-7,10-11H,5,8-9,12H2,1-3H3,(H2,18,19,20);1H. The van der Waals surface area contributed by atoms with Gasteiger partial charge in [0.05, 0.1) is 10.6 Å². The Morgan fingerprint density at radius 3 is 2.69 bits per heavy atom. The van der Waals surface area contributed by atoms with Gasteiger partial charge in [0.15, 0.2) is 5.96 Å². The van der Waals surface area contributed by atoms with Gasteiger partial charge in [0.25, 0.3) is 5.69 Å². The van der Waals surface area contributed by atoms with Crippen molar-refractivity contribution in [3.05, 3.63) is 57.4 Å². The van der Waals surface area contributed by atoms with Crippen molar-refractivity contribution < 1.29 is 4.92 Å². The van der Waals surface area contributed by atoms with Crippen molar-refractivity contribution >= 4 is 35.6 Å². The summed E-state index contributed by atoms with van der Waals surface area (Å²) in [5.74, 6) is 0.667. The van der Waals surface area contributed by atoms with Crippen molar-refractivity contribution in [3.63, 3.8) is 0 Å². The number of rotatable bonds is 7. The molecule has 0 amide bonds. The Morgan fingerprint density at radius 2 is 2.08 bits per heavy atom. The van der Waals surface area contributed by atoms with E-state index < -0.39 is 4.92 Å². The van der Waals surface area contributed by atoms with Crippen molar-refractivity contribution in [2.75, 3.05) is 13.6 Å². The van der Waals surface area contributed by atoms with Crippen LogP contribution >= 0.6 is 24.0 Å². The number of aromatic nitrogens is 2. The van der Waals surface area contributed by atoms with Crippen LogP contribution in [0, 0.1) is 24.0 Å². The van der Waals surface area contributed by atoms with Crippen molar-refractivity contribution in [2.45, 2.75) is 33.4 Å². The highest BCUT2D eigenvalue weighted by Crippen LogP contribution is 2.12. The number of benzene rings is 1. The lowest BCUT2D eigenvalue weighted by atomic mass is 10.2. The van der Waals surface area contributed by atoms with Gasteiger partial charge in [-0.2, -0.15) is 5.10 Å². The molecule has 26 heavy (non-hydrogen) atoms.